The van der Waals surface area contributed by atoms with Crippen LogP contribution in [0.2, 0.25) is 0 Å². The van der Waals surface area contributed by atoms with Crippen molar-refractivity contribution in [3.8, 4) is 11.1 Å². The van der Waals surface area contributed by atoms with Gasteiger partial charge in [-0.3, -0.25) is 0 Å². The molecule has 2 rings (SSSR count). The Kier molecular flexibility index (Phi) is 5.76. The number of hydrogen-bond donors (Lipinski definition) is 0. The zero-order valence-electron chi connectivity index (χ0n) is 14.3. The number of alkyl halides is 7. The fourth-order valence-electron chi connectivity index (χ4n) is 2.78. The van der Waals surface area contributed by atoms with E-state index in [1.165, 1.54) is 0 Å². The number of methoxy groups -OCH3 is 1. The highest BCUT2D eigenvalue weighted by Gasteiger charge is 2.74. The molecule has 0 spiro atoms. The highest BCUT2D eigenvalue weighted by molar-refractivity contribution is 5.74. The molecule has 0 bridgehead atoms. The molecule has 0 fully saturated rings. The smallest absolute Gasteiger partial charge is 0.380 e. The Labute approximate surface area is 153 Å². The van der Waals surface area contributed by atoms with E-state index in [2.05, 4.69) is 6.07 Å². The molecule has 0 aromatic heterocycles. The minimum Gasteiger partial charge on any atom is -0.380 e. The van der Waals surface area contributed by atoms with Crippen LogP contribution in [0.4, 0.5) is 39.5 Å². The van der Waals surface area contributed by atoms with Gasteiger partial charge >= 0.3 is 18.0 Å². The van der Waals surface area contributed by atoms with E-state index in [-0.39, 0.29) is 11.6 Å². The first-order valence-corrected chi connectivity index (χ1v) is 7.57. The van der Waals surface area contributed by atoms with E-state index in [0.717, 1.165) is 26.2 Å². The van der Waals surface area contributed by atoms with E-state index in [1.807, 2.05) is 0 Å². The summed E-state index contributed by atoms with van der Waals surface area (Å²) in [4.78, 5) is 0. The van der Waals surface area contributed by atoms with Crippen LogP contribution in [0, 0.1) is 24.6 Å². The van der Waals surface area contributed by atoms with Gasteiger partial charge < -0.3 is 4.74 Å². The average molecular weight is 415 g/mol. The predicted octanol–water partition coefficient (Wildman–Crippen LogP) is 6.18. The van der Waals surface area contributed by atoms with Gasteiger partial charge in [-0.15, -0.1) is 0 Å². The third-order valence-corrected chi connectivity index (χ3v) is 3.94. The summed E-state index contributed by atoms with van der Waals surface area (Å²) in [5.41, 5.74) is -10.6. The van der Waals surface area contributed by atoms with Crippen LogP contribution in [-0.4, -0.2) is 19.5 Å². The molecule has 0 heterocycles. The molecule has 0 N–H and O–H groups in total. The standard InChI is InChI=1S/C18H12F9O/c1-9-6-10(8-28-2)14(11-4-3-5-13(19)15(11)20)12(7-9)16(21,17(22,23)24)18(25,26)27/h3-5,7H,8H2,1-2H3. The zero-order valence-corrected chi connectivity index (χ0v) is 14.3. The topological polar surface area (TPSA) is 9.23 Å². The van der Waals surface area contributed by atoms with E-state index in [4.69, 9.17) is 4.74 Å². The molecule has 2 aromatic carbocycles. The van der Waals surface area contributed by atoms with Gasteiger partial charge in [0.05, 0.1) is 6.61 Å². The summed E-state index contributed by atoms with van der Waals surface area (Å²) in [6.07, 6.45) is -12.9. The van der Waals surface area contributed by atoms with Crippen LogP contribution in [0.5, 0.6) is 0 Å². The fourth-order valence-corrected chi connectivity index (χ4v) is 2.78. The second-order valence-electron chi connectivity index (χ2n) is 5.91. The van der Waals surface area contributed by atoms with Gasteiger partial charge in [-0.2, -0.15) is 26.3 Å². The molecule has 0 aliphatic rings. The van der Waals surface area contributed by atoms with Crippen molar-refractivity contribution in [2.45, 2.75) is 31.6 Å². The maximum Gasteiger partial charge on any atom is 0.435 e. The molecule has 1 nitrogen and oxygen atoms in total. The second-order valence-corrected chi connectivity index (χ2v) is 5.91. The summed E-state index contributed by atoms with van der Waals surface area (Å²) < 4.78 is 127. The van der Waals surface area contributed by atoms with Gasteiger partial charge in [-0.05, 0) is 35.7 Å². The summed E-state index contributed by atoms with van der Waals surface area (Å²) >= 11 is 0. The Balaban J connectivity index is 3.05. The Morgan fingerprint density at radius 2 is 1.54 bits per heavy atom. The van der Waals surface area contributed by atoms with Gasteiger partial charge in [0.1, 0.15) is 0 Å². The van der Waals surface area contributed by atoms with Crippen molar-refractivity contribution in [2.24, 2.45) is 0 Å². The van der Waals surface area contributed by atoms with E-state index in [9.17, 15) is 39.5 Å². The molecule has 10 heteroatoms. The van der Waals surface area contributed by atoms with Crippen molar-refractivity contribution in [3.05, 3.63) is 58.7 Å². The molecule has 0 saturated carbocycles. The molecule has 0 aliphatic heterocycles. The molecule has 153 valence electrons. The number of rotatable bonds is 4. The normalized spacial score (nSPS) is 13.1. The lowest BCUT2D eigenvalue weighted by Gasteiger charge is -2.33. The molecule has 28 heavy (non-hydrogen) atoms. The summed E-state index contributed by atoms with van der Waals surface area (Å²) in [6.45, 7) is 0.466. The van der Waals surface area contributed by atoms with Crippen molar-refractivity contribution in [2.75, 3.05) is 7.11 Å². The SMILES string of the molecule is COCc1[c]c(C)cc(C(F)(C(F)(F)F)C(F)(F)F)c1-c1cccc(F)c1F. The maximum atomic E-state index is 14.8. The molecule has 0 amide bonds. The van der Waals surface area contributed by atoms with Crippen molar-refractivity contribution < 1.29 is 44.3 Å². The number of halogens is 9. The third kappa shape index (κ3) is 3.57. The number of aryl methyl sites for hydroxylation is 1. The fraction of sp³-hybridized carbons (Fsp3) is 0.333. The minimum atomic E-state index is -6.43. The van der Waals surface area contributed by atoms with E-state index in [1.54, 1.807) is 0 Å². The van der Waals surface area contributed by atoms with Gasteiger partial charge in [0.2, 0.25) is 0 Å². The van der Waals surface area contributed by atoms with E-state index < -0.39 is 58.5 Å². The van der Waals surface area contributed by atoms with Gasteiger partial charge in [0.15, 0.2) is 11.6 Å². The molecular weight excluding hydrogens is 403 g/mol. The van der Waals surface area contributed by atoms with E-state index >= 15 is 0 Å². The summed E-state index contributed by atoms with van der Waals surface area (Å²) in [7, 11) is 1.07. The minimum absolute atomic E-state index is 0.264. The Hall–Kier alpha value is -2.23. The van der Waals surface area contributed by atoms with Crippen LogP contribution >= 0.6 is 0 Å². The van der Waals surface area contributed by atoms with Gasteiger partial charge in [-0.25, -0.2) is 13.2 Å². The van der Waals surface area contributed by atoms with Crippen LogP contribution in [0.15, 0.2) is 24.3 Å². The maximum absolute atomic E-state index is 14.8. The van der Waals surface area contributed by atoms with Crippen LogP contribution in [-0.2, 0) is 17.0 Å². The Morgan fingerprint density at radius 1 is 0.964 bits per heavy atom. The molecule has 0 saturated heterocycles. The molecule has 2 aromatic rings. The first-order chi connectivity index (χ1) is 12.8. The van der Waals surface area contributed by atoms with Crippen LogP contribution in [0.3, 0.4) is 0 Å². The third-order valence-electron chi connectivity index (χ3n) is 3.94. The van der Waals surface area contributed by atoms with Crippen LogP contribution in [0.25, 0.3) is 11.1 Å². The average Bonchev–Trinajstić information content (AvgIpc) is 2.55. The first kappa shape index (κ1) is 22.1. The van der Waals surface area contributed by atoms with Crippen molar-refractivity contribution in [1.29, 1.82) is 0 Å². The zero-order chi connectivity index (χ0) is 21.5. The summed E-state index contributed by atoms with van der Waals surface area (Å²) in [5.74, 6) is -3.26. The predicted molar refractivity (Wildman–Crippen MR) is 81.0 cm³/mol. The molecule has 0 unspecified atom stereocenters. The molecule has 0 aliphatic carbocycles. The van der Waals surface area contributed by atoms with Crippen LogP contribution in [0.1, 0.15) is 16.7 Å². The van der Waals surface area contributed by atoms with Crippen molar-refractivity contribution >= 4 is 0 Å². The summed E-state index contributed by atoms with van der Waals surface area (Å²) in [5, 5.41) is 0. The first-order valence-electron chi connectivity index (χ1n) is 7.57. The lowest BCUT2D eigenvalue weighted by molar-refractivity contribution is -0.348. The van der Waals surface area contributed by atoms with Crippen molar-refractivity contribution in [3.63, 3.8) is 0 Å². The lowest BCUT2D eigenvalue weighted by atomic mass is 9.83. The largest absolute Gasteiger partial charge is 0.435 e. The highest BCUT2D eigenvalue weighted by atomic mass is 19.4. The van der Waals surface area contributed by atoms with Gasteiger partial charge in [0.25, 0.3) is 0 Å². The quantitative estimate of drug-likeness (QED) is 0.543. The Morgan fingerprint density at radius 3 is 2.04 bits per heavy atom. The monoisotopic (exact) mass is 415 g/mol. The molecule has 0 atom stereocenters. The lowest BCUT2D eigenvalue weighted by Crippen LogP contribution is -2.50. The number of hydrogen-bond acceptors (Lipinski definition) is 1. The van der Waals surface area contributed by atoms with Gasteiger partial charge in [-0.1, -0.05) is 18.2 Å². The van der Waals surface area contributed by atoms with Crippen LogP contribution < -0.4 is 0 Å². The Bertz CT molecular complexity index is 855. The number of benzene rings is 2. The van der Waals surface area contributed by atoms with Crippen molar-refractivity contribution in [1.82, 2.24) is 0 Å². The molecule has 1 radical (unpaired) electrons. The number of ether oxygens (including phenoxy) is 1. The van der Waals surface area contributed by atoms with E-state index in [0.29, 0.717) is 6.07 Å². The molecular formula is C18H12F9O. The highest BCUT2D eigenvalue weighted by Crippen LogP contribution is 2.56. The summed E-state index contributed by atoms with van der Waals surface area (Å²) in [6, 6.07) is 4.91. The van der Waals surface area contributed by atoms with Gasteiger partial charge in [0, 0.05) is 18.2 Å². The second kappa shape index (κ2) is 7.31.